The number of ether oxygens (including phenoxy) is 1. The molecule has 1 amide bonds. The summed E-state index contributed by atoms with van der Waals surface area (Å²) in [6, 6.07) is 10.2. The Kier molecular flexibility index (Phi) is 7.24. The number of likely N-dealkylation sites (tertiary alicyclic amines) is 1. The third-order valence-corrected chi connectivity index (χ3v) is 8.10. The number of hydrogen-bond donors (Lipinski definition) is 1. The topological polar surface area (TPSA) is 115 Å². The van der Waals surface area contributed by atoms with E-state index in [0.29, 0.717) is 68.3 Å². The lowest BCUT2D eigenvalue weighted by Crippen LogP contribution is -2.51. The van der Waals surface area contributed by atoms with Crippen LogP contribution in [0, 0.1) is 17.7 Å². The largest absolute Gasteiger partial charge is 0.474 e. The van der Waals surface area contributed by atoms with Crippen LogP contribution in [-0.2, 0) is 11.3 Å². The lowest BCUT2D eigenvalue weighted by molar-refractivity contribution is -0.141. The second kappa shape index (κ2) is 11.0. The van der Waals surface area contributed by atoms with Crippen LogP contribution in [0.5, 0.6) is 5.88 Å². The fourth-order valence-electron chi connectivity index (χ4n) is 5.76. The molecule has 0 unspecified atom stereocenters. The highest BCUT2D eigenvalue weighted by Gasteiger charge is 2.37. The van der Waals surface area contributed by atoms with Crippen molar-refractivity contribution in [3.05, 3.63) is 77.1 Å². The molecule has 10 nitrogen and oxygen atoms in total. The summed E-state index contributed by atoms with van der Waals surface area (Å²) in [5.74, 6) is -0.753. The number of amides is 1. The van der Waals surface area contributed by atoms with Gasteiger partial charge < -0.3 is 14.7 Å². The van der Waals surface area contributed by atoms with Crippen molar-refractivity contribution in [1.29, 1.82) is 0 Å². The van der Waals surface area contributed by atoms with Crippen LogP contribution in [-0.4, -0.2) is 65.0 Å². The van der Waals surface area contributed by atoms with Crippen LogP contribution in [0.25, 0.3) is 16.7 Å². The third-order valence-electron chi connectivity index (χ3n) is 8.10. The van der Waals surface area contributed by atoms with Crippen molar-refractivity contribution in [3.8, 4) is 11.6 Å². The third kappa shape index (κ3) is 5.69. The number of hydrogen-bond acceptors (Lipinski definition) is 7. The van der Waals surface area contributed by atoms with Gasteiger partial charge in [0.2, 0.25) is 17.7 Å². The molecule has 0 bridgehead atoms. The minimum absolute atomic E-state index is 0.0507. The molecule has 2 aliphatic rings. The summed E-state index contributed by atoms with van der Waals surface area (Å²) in [5.41, 5.74) is -0.571. The molecule has 214 valence electrons. The molecule has 1 saturated heterocycles. The molecule has 6 rings (SSSR count). The van der Waals surface area contributed by atoms with Gasteiger partial charge in [0.05, 0.1) is 24.0 Å². The van der Waals surface area contributed by atoms with Crippen LogP contribution >= 0.6 is 0 Å². The van der Waals surface area contributed by atoms with Gasteiger partial charge in [0.25, 0.3) is 5.56 Å². The first kappa shape index (κ1) is 27.0. The molecule has 4 heterocycles. The van der Waals surface area contributed by atoms with E-state index in [1.54, 1.807) is 29.2 Å². The highest BCUT2D eigenvalue weighted by molar-refractivity contribution is 5.79. The predicted octanol–water partition coefficient (Wildman–Crippen LogP) is 3.25. The van der Waals surface area contributed by atoms with Gasteiger partial charge in [-0.25, -0.2) is 14.1 Å². The zero-order valence-electron chi connectivity index (χ0n) is 22.3. The van der Waals surface area contributed by atoms with Crippen LogP contribution in [0.15, 0.2) is 59.8 Å². The number of benzene rings is 1. The number of aliphatic hydroxyl groups is 1. The fourth-order valence-corrected chi connectivity index (χ4v) is 5.76. The Morgan fingerprint density at radius 1 is 1.05 bits per heavy atom. The van der Waals surface area contributed by atoms with Gasteiger partial charge in [-0.1, -0.05) is 6.07 Å². The average molecular weight is 565 g/mol. The molecule has 1 saturated carbocycles. The van der Waals surface area contributed by atoms with Crippen LogP contribution in [0.3, 0.4) is 0 Å². The minimum atomic E-state index is -1.16. The van der Waals surface area contributed by atoms with Crippen molar-refractivity contribution in [1.82, 2.24) is 29.2 Å². The Bertz CT molecular complexity index is 1610. The molecule has 0 spiro atoms. The van der Waals surface area contributed by atoms with E-state index in [0.717, 1.165) is 0 Å². The van der Waals surface area contributed by atoms with Gasteiger partial charge >= 0.3 is 0 Å². The van der Waals surface area contributed by atoms with E-state index >= 15 is 0 Å². The number of carbonyl (C=O) groups is 1. The minimum Gasteiger partial charge on any atom is -0.474 e. The summed E-state index contributed by atoms with van der Waals surface area (Å²) in [7, 11) is 0. The Hall–Kier alpha value is -4.19. The monoisotopic (exact) mass is 564 g/mol. The van der Waals surface area contributed by atoms with Gasteiger partial charge in [0, 0.05) is 25.1 Å². The normalized spacial score (nSPS) is 20.7. The first-order chi connectivity index (χ1) is 19.8. The number of nitrogens with zero attached hydrogens (tertiary/aromatic N) is 6. The first-order valence-corrected chi connectivity index (χ1v) is 13.8. The molecule has 41 heavy (non-hydrogen) atoms. The molecular formula is C29H30F2N6O4. The van der Waals surface area contributed by atoms with Gasteiger partial charge in [0.1, 0.15) is 23.6 Å². The SMILES string of the molecule is O=c1c2cnn(-c3ccc(F)cc3)c2ncn1CC1(O)CCN(C(=O)[C@H]2CC[C@H](Oc3cccc(F)n3)CC2)CC1. The smallest absolute Gasteiger partial charge is 0.264 e. The zero-order chi connectivity index (χ0) is 28.6. The second-order valence-electron chi connectivity index (χ2n) is 10.9. The first-order valence-electron chi connectivity index (χ1n) is 13.8. The van der Waals surface area contributed by atoms with Gasteiger partial charge in [-0.05, 0) is 68.9 Å². The summed E-state index contributed by atoms with van der Waals surface area (Å²) in [5, 5.41) is 15.8. The quantitative estimate of drug-likeness (QED) is 0.358. The molecular weight excluding hydrogens is 534 g/mol. The standard InChI is InChI=1S/C29H30F2N6O4/c30-20-6-8-21(9-7-20)37-26-23(16-33-37)28(39)36(18-32-26)17-29(40)12-14-35(15-13-29)27(38)19-4-10-22(11-5-19)41-25-3-1-2-24(31)34-25/h1-3,6-9,16,18-19,22,40H,4-5,10-15,17H2/t19-,22-. The number of halogens is 2. The van der Waals surface area contributed by atoms with E-state index in [-0.39, 0.29) is 41.7 Å². The van der Waals surface area contributed by atoms with Crippen molar-refractivity contribution in [2.45, 2.75) is 56.8 Å². The average Bonchev–Trinajstić information content (AvgIpc) is 3.40. The van der Waals surface area contributed by atoms with E-state index in [1.807, 2.05) is 0 Å². The maximum absolute atomic E-state index is 13.3. The van der Waals surface area contributed by atoms with Crippen molar-refractivity contribution in [3.63, 3.8) is 0 Å². The van der Waals surface area contributed by atoms with Gasteiger partial charge in [-0.3, -0.25) is 14.2 Å². The van der Waals surface area contributed by atoms with Crippen molar-refractivity contribution in [2.24, 2.45) is 5.92 Å². The molecule has 0 atom stereocenters. The van der Waals surface area contributed by atoms with Gasteiger partial charge in [0.15, 0.2) is 5.65 Å². The number of rotatable bonds is 6. The number of piperidine rings is 1. The molecule has 1 N–H and O–H groups in total. The summed E-state index contributed by atoms with van der Waals surface area (Å²) in [6.07, 6.45) is 6.09. The number of pyridine rings is 1. The number of fused-ring (bicyclic) bond motifs is 1. The van der Waals surface area contributed by atoms with Gasteiger partial charge in [-0.2, -0.15) is 14.5 Å². The molecule has 1 aliphatic heterocycles. The Morgan fingerprint density at radius 2 is 1.78 bits per heavy atom. The van der Waals surface area contributed by atoms with Crippen molar-refractivity contribution < 1.29 is 23.4 Å². The molecule has 1 aliphatic carbocycles. The van der Waals surface area contributed by atoms with Crippen molar-refractivity contribution >= 4 is 16.9 Å². The van der Waals surface area contributed by atoms with Crippen LogP contribution in [0.2, 0.25) is 0 Å². The molecule has 2 fully saturated rings. The maximum Gasteiger partial charge on any atom is 0.264 e. The molecule has 3 aromatic heterocycles. The molecule has 1 aromatic carbocycles. The second-order valence-corrected chi connectivity index (χ2v) is 10.9. The highest BCUT2D eigenvalue weighted by Crippen LogP contribution is 2.31. The zero-order valence-corrected chi connectivity index (χ0v) is 22.3. The predicted molar refractivity (Wildman–Crippen MR) is 144 cm³/mol. The van der Waals surface area contributed by atoms with E-state index < -0.39 is 11.5 Å². The molecule has 0 radical (unpaired) electrons. The summed E-state index contributed by atoms with van der Waals surface area (Å²) >= 11 is 0. The number of carbonyl (C=O) groups excluding carboxylic acids is 1. The summed E-state index contributed by atoms with van der Waals surface area (Å²) in [6.45, 7) is 0.840. The van der Waals surface area contributed by atoms with Crippen LogP contribution < -0.4 is 10.3 Å². The van der Waals surface area contributed by atoms with E-state index in [2.05, 4.69) is 15.1 Å². The Balaban J connectivity index is 1.04. The summed E-state index contributed by atoms with van der Waals surface area (Å²) < 4.78 is 35.3. The highest BCUT2D eigenvalue weighted by atomic mass is 19.1. The van der Waals surface area contributed by atoms with Crippen LogP contribution in [0.4, 0.5) is 8.78 Å². The Labute approximate surface area is 234 Å². The van der Waals surface area contributed by atoms with E-state index in [4.69, 9.17) is 4.74 Å². The van der Waals surface area contributed by atoms with E-state index in [9.17, 15) is 23.5 Å². The van der Waals surface area contributed by atoms with Crippen LogP contribution in [0.1, 0.15) is 38.5 Å². The maximum atomic E-state index is 13.3. The van der Waals surface area contributed by atoms with Gasteiger partial charge in [-0.15, -0.1) is 0 Å². The van der Waals surface area contributed by atoms with E-state index in [1.165, 1.54) is 40.0 Å². The fraction of sp³-hybridized carbons (Fsp3) is 0.414. The van der Waals surface area contributed by atoms with Crippen molar-refractivity contribution in [2.75, 3.05) is 13.1 Å². The summed E-state index contributed by atoms with van der Waals surface area (Å²) in [4.78, 5) is 36.3. The molecule has 4 aromatic rings. The lowest BCUT2D eigenvalue weighted by Gasteiger charge is -2.40. The molecule has 12 heteroatoms. The Morgan fingerprint density at radius 3 is 2.49 bits per heavy atom. The number of aromatic nitrogens is 5. The lowest BCUT2D eigenvalue weighted by atomic mass is 9.85.